The lowest BCUT2D eigenvalue weighted by Crippen LogP contribution is -2.11. The quantitative estimate of drug-likeness (QED) is 0.376. The van der Waals surface area contributed by atoms with E-state index in [4.69, 9.17) is 17.1 Å². The van der Waals surface area contributed by atoms with Crippen molar-refractivity contribution in [3.05, 3.63) is 24.2 Å². The van der Waals surface area contributed by atoms with E-state index in [-0.39, 0.29) is 0 Å². The Balaban J connectivity index is 3.17. The van der Waals surface area contributed by atoms with Crippen molar-refractivity contribution in [2.24, 2.45) is 0 Å². The van der Waals surface area contributed by atoms with Crippen LogP contribution in [0.2, 0.25) is 0 Å². The lowest BCUT2D eigenvalue weighted by atomic mass is 9.88. The molecule has 1 aromatic rings. The van der Waals surface area contributed by atoms with Gasteiger partial charge in [-0.15, -0.1) is 0 Å². The molecule has 0 amide bonds. The Morgan fingerprint density at radius 2 is 1.75 bits per heavy atom. The molecular formula is C6H4B2. The van der Waals surface area contributed by atoms with Gasteiger partial charge in [0.15, 0.2) is 0 Å². The van der Waals surface area contributed by atoms with Crippen LogP contribution in [-0.2, 0) is 0 Å². The average Bonchev–Trinajstić information content (AvgIpc) is 1.59. The molecule has 0 aromatic heterocycles. The Labute approximate surface area is 53.1 Å². The molecule has 0 saturated heterocycles. The van der Waals surface area contributed by atoms with Crippen molar-refractivity contribution in [2.75, 3.05) is 0 Å². The lowest BCUT2D eigenvalue weighted by Gasteiger charge is -1.91. The van der Waals surface area contributed by atoms with Gasteiger partial charge < -0.3 is 0 Å². The zero-order chi connectivity index (χ0) is 6.85. The maximum absolute atomic E-state index is 7.12. The van der Waals surface area contributed by atoms with Crippen molar-refractivity contribution in [3.63, 3.8) is 0 Å². The van der Waals surface area contributed by atoms with Crippen LogP contribution in [-0.4, -0.2) is 15.7 Å². The van der Waals surface area contributed by atoms with Gasteiger partial charge in [0.05, 0.1) is 1.37 Å². The monoisotopic (exact) mass is 99.1 g/mol. The first-order chi connectivity index (χ1) is 4.18. The smallest absolute Gasteiger partial charge is 0.0973 e. The van der Waals surface area contributed by atoms with E-state index in [1.807, 2.05) is 0 Å². The second kappa shape index (κ2) is 2.08. The molecule has 0 N–H and O–H groups in total. The highest BCUT2D eigenvalue weighted by Crippen LogP contribution is 1.73. The van der Waals surface area contributed by atoms with Crippen molar-refractivity contribution in [1.82, 2.24) is 0 Å². The number of hydrogen-bond donors (Lipinski definition) is 0. The normalized spacial score (nSPS) is 10.8. The molecule has 8 heavy (non-hydrogen) atoms. The van der Waals surface area contributed by atoms with Crippen molar-refractivity contribution < 1.29 is 1.37 Å². The maximum atomic E-state index is 7.12. The van der Waals surface area contributed by atoms with Crippen LogP contribution in [0.25, 0.3) is 0 Å². The second-order valence-electron chi connectivity index (χ2n) is 1.60. The molecule has 0 heterocycles. The van der Waals surface area contributed by atoms with Gasteiger partial charge >= 0.3 is 0 Å². The van der Waals surface area contributed by atoms with Crippen LogP contribution in [0, 0.1) is 0 Å². The Hall–Kier alpha value is -0.650. The lowest BCUT2D eigenvalue weighted by molar-refractivity contribution is 1.84. The minimum Gasteiger partial charge on any atom is -0.0973 e. The van der Waals surface area contributed by atoms with E-state index >= 15 is 0 Å². The van der Waals surface area contributed by atoms with Crippen molar-refractivity contribution in [1.29, 1.82) is 0 Å². The fraction of sp³-hybridized carbons (Fsp3) is 0. The minimum atomic E-state index is 0.354. The first-order valence-corrected chi connectivity index (χ1v) is 2.31. The third-order valence-electron chi connectivity index (χ3n) is 0.833. The average molecular weight is 98.7 g/mol. The summed E-state index contributed by atoms with van der Waals surface area (Å²) in [6.45, 7) is 0. The molecule has 2 heteroatoms. The van der Waals surface area contributed by atoms with Crippen LogP contribution in [0.15, 0.2) is 24.2 Å². The molecule has 0 aliphatic carbocycles. The molecule has 0 saturated carbocycles. The molecule has 0 atom stereocenters. The molecule has 4 radical (unpaired) electrons. The van der Waals surface area contributed by atoms with E-state index in [1.54, 1.807) is 18.2 Å². The summed E-state index contributed by atoms with van der Waals surface area (Å²) in [6.07, 6.45) is 0. The van der Waals surface area contributed by atoms with Gasteiger partial charge in [0.1, 0.15) is 15.7 Å². The summed E-state index contributed by atoms with van der Waals surface area (Å²) in [4.78, 5) is 0. The van der Waals surface area contributed by atoms with E-state index in [1.165, 1.54) is 0 Å². The van der Waals surface area contributed by atoms with Crippen LogP contribution in [0.5, 0.6) is 0 Å². The molecule has 0 spiro atoms. The largest absolute Gasteiger partial charge is 0.113 e. The summed E-state index contributed by atoms with van der Waals surface area (Å²) < 4.78 is 7.12. The third-order valence-corrected chi connectivity index (χ3v) is 0.833. The summed E-state index contributed by atoms with van der Waals surface area (Å²) >= 11 is 0. The van der Waals surface area contributed by atoms with Gasteiger partial charge in [-0.1, -0.05) is 35.2 Å². The van der Waals surface area contributed by atoms with Crippen LogP contribution in [0.1, 0.15) is 1.37 Å². The van der Waals surface area contributed by atoms with Crippen LogP contribution in [0.4, 0.5) is 0 Å². The molecule has 0 aliphatic rings. The number of rotatable bonds is 0. The molecule has 34 valence electrons. The van der Waals surface area contributed by atoms with Crippen molar-refractivity contribution in [3.8, 4) is 0 Å². The van der Waals surface area contributed by atoms with Gasteiger partial charge in [-0.3, -0.25) is 0 Å². The molecule has 0 fully saturated rings. The fourth-order valence-electron chi connectivity index (χ4n) is 0.510. The molecule has 0 bridgehead atoms. The van der Waals surface area contributed by atoms with E-state index in [2.05, 4.69) is 0 Å². The van der Waals surface area contributed by atoms with Gasteiger partial charge in [0, 0.05) is 0 Å². The first-order valence-electron chi connectivity index (χ1n) is 2.81. The van der Waals surface area contributed by atoms with Gasteiger partial charge in [0.25, 0.3) is 0 Å². The summed E-state index contributed by atoms with van der Waals surface area (Å²) in [5.74, 6) is 0. The molecule has 0 aliphatic heterocycles. The fourth-order valence-corrected chi connectivity index (χ4v) is 0.510. The third kappa shape index (κ3) is 1.16. The molecular weight excluding hydrogens is 93.7 g/mol. The Kier molecular flexibility index (Phi) is 1.10. The second-order valence-corrected chi connectivity index (χ2v) is 1.60. The van der Waals surface area contributed by atoms with E-state index in [9.17, 15) is 0 Å². The van der Waals surface area contributed by atoms with Gasteiger partial charge in [-0.05, 0) is 0 Å². The van der Waals surface area contributed by atoms with E-state index in [0.29, 0.717) is 17.0 Å². The highest BCUT2D eigenvalue weighted by molar-refractivity contribution is 6.37. The minimum absolute atomic E-state index is 0.354. The van der Waals surface area contributed by atoms with Gasteiger partial charge in [-0.2, -0.15) is 0 Å². The van der Waals surface area contributed by atoms with Crippen LogP contribution in [0.3, 0.4) is 0 Å². The van der Waals surface area contributed by atoms with Crippen molar-refractivity contribution in [2.45, 2.75) is 0 Å². The van der Waals surface area contributed by atoms with E-state index in [0.717, 1.165) is 0 Å². The maximum Gasteiger partial charge on any atom is 0.113 e. The highest BCUT2D eigenvalue weighted by Gasteiger charge is 1.80. The SMILES string of the molecule is [2H]c1cc([B])cc([B])c1. The van der Waals surface area contributed by atoms with Gasteiger partial charge in [0.2, 0.25) is 0 Å². The van der Waals surface area contributed by atoms with Crippen LogP contribution < -0.4 is 10.9 Å². The molecule has 0 nitrogen and oxygen atoms in total. The zero-order valence-corrected chi connectivity index (χ0v) is 4.39. The van der Waals surface area contributed by atoms with Crippen LogP contribution >= 0.6 is 0 Å². The predicted octanol–water partition coefficient (Wildman–Crippen LogP) is -0.726. The highest BCUT2D eigenvalue weighted by atomic mass is 13.8. The zero-order valence-electron chi connectivity index (χ0n) is 5.39. The standard InChI is InChI=1S/C6H4B2/c7-5-2-1-3-6(8)4-5/h1-4H/i1D. The Morgan fingerprint density at radius 3 is 2.12 bits per heavy atom. The summed E-state index contributed by atoms with van der Waals surface area (Å²) in [5, 5.41) is 0. The molecule has 1 aromatic carbocycles. The Bertz CT molecular complexity index is 172. The number of benzene rings is 1. The van der Waals surface area contributed by atoms with Crippen molar-refractivity contribution >= 4 is 26.6 Å². The molecule has 0 unspecified atom stereocenters. The predicted molar refractivity (Wildman–Crippen MR) is 37.2 cm³/mol. The number of hydrogen-bond acceptors (Lipinski definition) is 0. The summed E-state index contributed by atoms with van der Waals surface area (Å²) in [7, 11) is 10.7. The molecule has 1 rings (SSSR count). The first kappa shape index (κ1) is 4.25. The Morgan fingerprint density at radius 1 is 1.25 bits per heavy atom. The summed E-state index contributed by atoms with van der Waals surface area (Å²) in [5.41, 5.74) is 1.08. The van der Waals surface area contributed by atoms with E-state index < -0.39 is 0 Å². The van der Waals surface area contributed by atoms with Gasteiger partial charge in [-0.25, -0.2) is 0 Å². The topological polar surface area (TPSA) is 0 Å². The summed E-state index contributed by atoms with van der Waals surface area (Å²) in [6, 6.07) is 5.08.